The SMILES string of the molecule is Brc1ccc2oc3c(-c4ccc(-c5nc(-c6ccccc6)nc(-c6ccccc6)n5)cc4)cccc3c2c1.Brc1ccc2oc3c(-c4ccccc4-c4nc(-c5ccccc5)nc(-c5ccccc5)n4)cccc3c2c1. The van der Waals surface area contributed by atoms with E-state index in [1.165, 1.54) is 0 Å². The molecule has 0 aliphatic rings. The molecular formula is C66H40Br2N6O2. The molecule has 10 aromatic carbocycles. The highest BCUT2D eigenvalue weighted by Gasteiger charge is 2.20. The summed E-state index contributed by atoms with van der Waals surface area (Å²) in [4.78, 5) is 29.2. The molecule has 8 nitrogen and oxygen atoms in total. The van der Waals surface area contributed by atoms with Gasteiger partial charge in [0.25, 0.3) is 0 Å². The lowest BCUT2D eigenvalue weighted by atomic mass is 9.97. The zero-order chi connectivity index (χ0) is 51.0. The molecule has 0 amide bonds. The Morgan fingerprint density at radius 3 is 1.00 bits per heavy atom. The van der Waals surface area contributed by atoms with Crippen molar-refractivity contribution in [3.8, 4) is 90.6 Å². The lowest BCUT2D eigenvalue weighted by Crippen LogP contribution is -2.01. The third kappa shape index (κ3) is 9.14. The Bertz CT molecular complexity index is 4300. The van der Waals surface area contributed by atoms with Gasteiger partial charge in [0.05, 0.1) is 0 Å². The van der Waals surface area contributed by atoms with E-state index in [-0.39, 0.29) is 0 Å². The number of nitrogens with zero attached hydrogens (tertiary/aromatic N) is 6. The van der Waals surface area contributed by atoms with E-state index in [4.69, 9.17) is 38.7 Å². The van der Waals surface area contributed by atoms with Crippen LogP contribution in [0.4, 0.5) is 0 Å². The van der Waals surface area contributed by atoms with Gasteiger partial charge in [-0.2, -0.15) is 0 Å². The maximum atomic E-state index is 6.40. The van der Waals surface area contributed by atoms with Crippen molar-refractivity contribution < 1.29 is 8.83 Å². The monoisotopic (exact) mass is 1110 g/mol. The molecule has 0 saturated heterocycles. The number of hydrogen-bond donors (Lipinski definition) is 0. The first kappa shape index (κ1) is 46.6. The van der Waals surface area contributed by atoms with Gasteiger partial charge in [-0.15, -0.1) is 0 Å². The van der Waals surface area contributed by atoms with Gasteiger partial charge >= 0.3 is 0 Å². The Hall–Kier alpha value is -9.22. The molecule has 0 aliphatic heterocycles. The predicted octanol–water partition coefficient (Wildman–Crippen LogP) is 18.4. The van der Waals surface area contributed by atoms with Crippen LogP contribution in [0.3, 0.4) is 0 Å². The summed E-state index contributed by atoms with van der Waals surface area (Å²) in [6.45, 7) is 0. The van der Waals surface area contributed by atoms with Crippen molar-refractivity contribution >= 4 is 75.7 Å². The molecule has 14 rings (SSSR count). The maximum Gasteiger partial charge on any atom is 0.164 e. The van der Waals surface area contributed by atoms with Crippen LogP contribution in [0.5, 0.6) is 0 Å². The summed E-state index contributed by atoms with van der Waals surface area (Å²) in [5.41, 5.74) is 13.2. The van der Waals surface area contributed by atoms with Crippen molar-refractivity contribution in [2.24, 2.45) is 0 Å². The first-order valence-corrected chi connectivity index (χ1v) is 26.2. The minimum absolute atomic E-state index is 0.615. The maximum absolute atomic E-state index is 6.40. The number of hydrogen-bond acceptors (Lipinski definition) is 8. The third-order valence-electron chi connectivity index (χ3n) is 13.2. The smallest absolute Gasteiger partial charge is 0.164 e. The molecule has 0 N–H and O–H groups in total. The van der Waals surface area contributed by atoms with Crippen molar-refractivity contribution in [1.29, 1.82) is 0 Å². The average Bonchev–Trinajstić information content (AvgIpc) is 4.11. The molecule has 0 fully saturated rings. The first-order chi connectivity index (χ1) is 37.5. The Kier molecular flexibility index (Phi) is 12.4. The summed E-state index contributed by atoms with van der Waals surface area (Å²) in [5, 5.41) is 4.34. The number of aromatic nitrogens is 6. The molecule has 0 saturated carbocycles. The topological polar surface area (TPSA) is 104 Å². The number of halogens is 2. The van der Waals surface area contributed by atoms with Crippen molar-refractivity contribution in [2.45, 2.75) is 0 Å². The number of rotatable bonds is 8. The van der Waals surface area contributed by atoms with E-state index >= 15 is 0 Å². The Labute approximate surface area is 453 Å². The van der Waals surface area contributed by atoms with Crippen molar-refractivity contribution in [2.75, 3.05) is 0 Å². The molecule has 4 heterocycles. The molecule has 0 unspecified atom stereocenters. The van der Waals surface area contributed by atoms with Gasteiger partial charge in [-0.25, -0.2) is 29.9 Å². The van der Waals surface area contributed by atoms with E-state index in [0.717, 1.165) is 108 Å². The summed E-state index contributed by atoms with van der Waals surface area (Å²) >= 11 is 7.17. The van der Waals surface area contributed by atoms with E-state index in [1.807, 2.05) is 158 Å². The fourth-order valence-electron chi connectivity index (χ4n) is 9.56. The molecule has 0 spiro atoms. The highest BCUT2D eigenvalue weighted by atomic mass is 79.9. The third-order valence-corrected chi connectivity index (χ3v) is 14.2. The highest BCUT2D eigenvalue weighted by molar-refractivity contribution is 9.10. The summed E-state index contributed by atoms with van der Waals surface area (Å²) in [5.74, 6) is 3.82. The van der Waals surface area contributed by atoms with Crippen LogP contribution < -0.4 is 0 Å². The zero-order valence-electron chi connectivity index (χ0n) is 40.3. The molecule has 76 heavy (non-hydrogen) atoms. The molecule has 360 valence electrons. The Morgan fingerprint density at radius 1 is 0.237 bits per heavy atom. The number of benzene rings is 10. The van der Waals surface area contributed by atoms with Crippen LogP contribution in [0, 0.1) is 0 Å². The van der Waals surface area contributed by atoms with E-state index in [0.29, 0.717) is 34.9 Å². The molecular weight excluding hydrogens is 1070 g/mol. The molecule has 14 aromatic rings. The van der Waals surface area contributed by atoms with Gasteiger partial charge in [0.15, 0.2) is 34.9 Å². The largest absolute Gasteiger partial charge is 0.455 e. The lowest BCUT2D eigenvalue weighted by molar-refractivity contribution is 0.669. The minimum atomic E-state index is 0.615. The van der Waals surface area contributed by atoms with Gasteiger partial charge < -0.3 is 8.83 Å². The summed E-state index contributed by atoms with van der Waals surface area (Å²) in [6, 6.07) is 81.3. The van der Waals surface area contributed by atoms with E-state index in [1.54, 1.807) is 0 Å². The first-order valence-electron chi connectivity index (χ1n) is 24.6. The molecule has 10 heteroatoms. The van der Waals surface area contributed by atoms with Gasteiger partial charge in [-0.1, -0.05) is 238 Å². The lowest BCUT2D eigenvalue weighted by Gasteiger charge is -2.12. The van der Waals surface area contributed by atoms with Gasteiger partial charge in [-0.05, 0) is 47.5 Å². The fraction of sp³-hybridized carbons (Fsp3) is 0. The van der Waals surface area contributed by atoms with E-state index in [2.05, 4.69) is 117 Å². The van der Waals surface area contributed by atoms with Crippen LogP contribution in [-0.2, 0) is 0 Å². The summed E-state index contributed by atoms with van der Waals surface area (Å²) < 4.78 is 14.7. The molecule has 4 aromatic heterocycles. The number of furan rings is 2. The Balaban J connectivity index is 0.000000146. The quantitative estimate of drug-likeness (QED) is 0.148. The van der Waals surface area contributed by atoms with Crippen LogP contribution in [0.1, 0.15) is 0 Å². The van der Waals surface area contributed by atoms with Crippen LogP contribution in [0.25, 0.3) is 134 Å². The predicted molar refractivity (Wildman–Crippen MR) is 313 cm³/mol. The molecule has 0 radical (unpaired) electrons. The minimum Gasteiger partial charge on any atom is -0.455 e. The second-order valence-corrected chi connectivity index (χ2v) is 19.9. The summed E-state index contributed by atoms with van der Waals surface area (Å²) in [6.07, 6.45) is 0. The normalized spacial score (nSPS) is 11.3. The van der Waals surface area contributed by atoms with Crippen molar-refractivity contribution in [3.63, 3.8) is 0 Å². The average molecular weight is 1110 g/mol. The van der Waals surface area contributed by atoms with Crippen LogP contribution >= 0.6 is 31.9 Å². The second-order valence-electron chi connectivity index (χ2n) is 18.0. The molecule has 0 bridgehead atoms. The Morgan fingerprint density at radius 2 is 0.566 bits per heavy atom. The second kappa shape index (κ2) is 20.2. The van der Waals surface area contributed by atoms with Gasteiger partial charge in [-0.3, -0.25) is 0 Å². The van der Waals surface area contributed by atoms with Gasteiger partial charge in [0, 0.05) is 75.0 Å². The van der Waals surface area contributed by atoms with Crippen molar-refractivity contribution in [1.82, 2.24) is 29.9 Å². The standard InChI is InChI=1S/2C33H20BrN3O/c34-23-18-19-29-28(20-23)26-17-9-16-25(30(26)38-29)24-14-7-8-15-27(24)33-36-31(21-10-3-1-4-11-21)35-32(37-33)22-12-5-2-6-13-22;34-25-18-19-29-28(20-25)27-13-7-12-26(30(27)38-29)21-14-16-24(17-15-21)33-36-31(22-8-3-1-4-9-22)35-32(37-33)23-10-5-2-6-11-23/h2*1-20H. The van der Waals surface area contributed by atoms with E-state index < -0.39 is 0 Å². The fourth-order valence-corrected chi connectivity index (χ4v) is 10.3. The van der Waals surface area contributed by atoms with Crippen LogP contribution in [-0.4, -0.2) is 29.9 Å². The van der Waals surface area contributed by atoms with Gasteiger partial charge in [0.1, 0.15) is 22.3 Å². The van der Waals surface area contributed by atoms with E-state index in [9.17, 15) is 0 Å². The number of fused-ring (bicyclic) bond motifs is 6. The zero-order valence-corrected chi connectivity index (χ0v) is 43.5. The highest BCUT2D eigenvalue weighted by Crippen LogP contribution is 2.41. The molecule has 0 atom stereocenters. The summed E-state index contributed by atoms with van der Waals surface area (Å²) in [7, 11) is 0. The van der Waals surface area contributed by atoms with Crippen molar-refractivity contribution in [3.05, 3.63) is 252 Å². The number of para-hydroxylation sites is 2. The van der Waals surface area contributed by atoms with Crippen LogP contribution in [0.15, 0.2) is 260 Å². The van der Waals surface area contributed by atoms with Crippen LogP contribution in [0.2, 0.25) is 0 Å². The molecule has 0 aliphatic carbocycles. The van der Waals surface area contributed by atoms with Gasteiger partial charge in [0.2, 0.25) is 0 Å².